The summed E-state index contributed by atoms with van der Waals surface area (Å²) in [5.74, 6) is -0.139. The van der Waals surface area contributed by atoms with Crippen molar-refractivity contribution in [1.29, 1.82) is 5.26 Å². The molecule has 2 aromatic carbocycles. The van der Waals surface area contributed by atoms with Crippen LogP contribution in [-0.4, -0.2) is 8.42 Å². The van der Waals surface area contributed by atoms with E-state index >= 15 is 0 Å². The lowest BCUT2D eigenvalue weighted by Crippen LogP contribution is -2.15. The monoisotopic (exact) mass is 350 g/mol. The first-order valence-electron chi connectivity index (χ1n) is 5.74. The van der Waals surface area contributed by atoms with E-state index in [4.69, 9.17) is 5.26 Å². The molecule has 2 aromatic rings. The Morgan fingerprint density at radius 2 is 1.75 bits per heavy atom. The first kappa shape index (κ1) is 14.6. The van der Waals surface area contributed by atoms with Crippen LogP contribution in [0.2, 0.25) is 0 Å². The fourth-order valence-corrected chi connectivity index (χ4v) is 3.37. The van der Waals surface area contributed by atoms with Crippen LogP contribution >= 0.6 is 15.9 Å². The number of halogens is 1. The van der Waals surface area contributed by atoms with Crippen molar-refractivity contribution >= 4 is 31.6 Å². The largest absolute Gasteiger partial charge is 0.282 e. The van der Waals surface area contributed by atoms with Crippen LogP contribution in [0.1, 0.15) is 11.1 Å². The minimum Gasteiger partial charge on any atom is -0.282 e. The van der Waals surface area contributed by atoms with Gasteiger partial charge in [-0.1, -0.05) is 24.3 Å². The van der Waals surface area contributed by atoms with Gasteiger partial charge in [0.05, 0.1) is 23.1 Å². The van der Waals surface area contributed by atoms with E-state index in [2.05, 4.69) is 20.7 Å². The Balaban J connectivity index is 2.15. The summed E-state index contributed by atoms with van der Waals surface area (Å²) in [5, 5.41) is 8.70. The number of hydrogen-bond acceptors (Lipinski definition) is 3. The molecule has 0 radical (unpaired) electrons. The molecule has 0 saturated heterocycles. The molecular formula is C14H11BrN2O2S. The highest BCUT2D eigenvalue weighted by Gasteiger charge is 2.13. The number of para-hydroxylation sites is 1. The second-order valence-electron chi connectivity index (χ2n) is 4.15. The van der Waals surface area contributed by atoms with Gasteiger partial charge in [-0.05, 0) is 45.8 Å². The lowest BCUT2D eigenvalue weighted by molar-refractivity contribution is 0.600. The van der Waals surface area contributed by atoms with Gasteiger partial charge in [-0.25, -0.2) is 8.42 Å². The summed E-state index contributed by atoms with van der Waals surface area (Å²) in [4.78, 5) is 0. The molecule has 0 aliphatic carbocycles. The van der Waals surface area contributed by atoms with Crippen LogP contribution < -0.4 is 4.72 Å². The summed E-state index contributed by atoms with van der Waals surface area (Å²) in [5.41, 5.74) is 1.63. The molecule has 0 amide bonds. The molecule has 0 aromatic heterocycles. The topological polar surface area (TPSA) is 70.0 Å². The van der Waals surface area contributed by atoms with E-state index < -0.39 is 10.0 Å². The van der Waals surface area contributed by atoms with Crippen LogP contribution in [0.3, 0.4) is 0 Å². The van der Waals surface area contributed by atoms with E-state index in [1.165, 1.54) is 0 Å². The van der Waals surface area contributed by atoms with Gasteiger partial charge in [-0.15, -0.1) is 0 Å². The summed E-state index contributed by atoms with van der Waals surface area (Å²) in [6, 6.07) is 15.5. The van der Waals surface area contributed by atoms with Gasteiger partial charge >= 0.3 is 0 Å². The van der Waals surface area contributed by atoms with Crippen LogP contribution in [0.15, 0.2) is 53.0 Å². The zero-order valence-corrected chi connectivity index (χ0v) is 12.8. The highest BCUT2D eigenvalue weighted by atomic mass is 79.9. The molecule has 20 heavy (non-hydrogen) atoms. The molecule has 0 saturated carbocycles. The van der Waals surface area contributed by atoms with E-state index in [1.54, 1.807) is 42.5 Å². The molecule has 0 bridgehead atoms. The van der Waals surface area contributed by atoms with E-state index in [1.807, 2.05) is 12.1 Å². The van der Waals surface area contributed by atoms with Crippen molar-refractivity contribution in [3.8, 4) is 6.07 Å². The standard InChI is InChI=1S/C14H11BrN2O2S/c15-13-3-1-2-4-14(13)17-20(18,19)10-12-7-5-11(9-16)6-8-12/h1-8,17H,10H2. The number of anilines is 1. The van der Waals surface area contributed by atoms with Crippen molar-refractivity contribution in [2.45, 2.75) is 5.75 Å². The Bertz CT molecular complexity index is 749. The van der Waals surface area contributed by atoms with Crippen LogP contribution in [0, 0.1) is 11.3 Å². The molecule has 2 rings (SSSR count). The molecular weight excluding hydrogens is 340 g/mol. The Kier molecular flexibility index (Phi) is 4.42. The van der Waals surface area contributed by atoms with Gasteiger partial charge in [-0.3, -0.25) is 4.72 Å². The van der Waals surface area contributed by atoms with Gasteiger partial charge in [0.15, 0.2) is 0 Å². The summed E-state index contributed by atoms with van der Waals surface area (Å²) in [7, 11) is -3.49. The SMILES string of the molecule is N#Cc1ccc(CS(=O)(=O)Nc2ccccc2Br)cc1. The molecule has 0 unspecified atom stereocenters. The number of rotatable bonds is 4. The Morgan fingerprint density at radius 3 is 2.35 bits per heavy atom. The highest BCUT2D eigenvalue weighted by molar-refractivity contribution is 9.10. The van der Waals surface area contributed by atoms with Crippen molar-refractivity contribution in [1.82, 2.24) is 0 Å². The van der Waals surface area contributed by atoms with E-state index in [0.29, 0.717) is 21.3 Å². The summed E-state index contributed by atoms with van der Waals surface area (Å²) in [6.45, 7) is 0. The third-order valence-electron chi connectivity index (χ3n) is 2.58. The van der Waals surface area contributed by atoms with Crippen molar-refractivity contribution in [3.05, 3.63) is 64.1 Å². The van der Waals surface area contributed by atoms with Gasteiger partial charge in [0.25, 0.3) is 0 Å². The molecule has 0 atom stereocenters. The number of nitrogens with zero attached hydrogens (tertiary/aromatic N) is 1. The van der Waals surface area contributed by atoms with Gasteiger partial charge in [-0.2, -0.15) is 5.26 Å². The molecule has 0 fully saturated rings. The first-order chi connectivity index (χ1) is 9.50. The number of benzene rings is 2. The Labute approximate surface area is 126 Å². The maximum Gasteiger partial charge on any atom is 0.236 e. The quantitative estimate of drug-likeness (QED) is 0.919. The second kappa shape index (κ2) is 6.07. The average molecular weight is 351 g/mol. The van der Waals surface area contributed by atoms with E-state index in [-0.39, 0.29) is 5.75 Å². The van der Waals surface area contributed by atoms with Crippen molar-refractivity contribution < 1.29 is 8.42 Å². The van der Waals surface area contributed by atoms with Gasteiger partial charge in [0, 0.05) is 4.47 Å². The smallest absolute Gasteiger partial charge is 0.236 e. The van der Waals surface area contributed by atoms with E-state index in [0.717, 1.165) is 0 Å². The highest BCUT2D eigenvalue weighted by Crippen LogP contribution is 2.23. The molecule has 0 heterocycles. The summed E-state index contributed by atoms with van der Waals surface area (Å²) < 4.78 is 27.4. The predicted molar refractivity (Wildman–Crippen MR) is 81.5 cm³/mol. The van der Waals surface area contributed by atoms with Crippen molar-refractivity contribution in [3.63, 3.8) is 0 Å². The first-order valence-corrected chi connectivity index (χ1v) is 8.19. The fourth-order valence-electron chi connectivity index (χ4n) is 1.64. The maximum atomic E-state index is 12.1. The second-order valence-corrected chi connectivity index (χ2v) is 6.73. The minimum absolute atomic E-state index is 0.139. The summed E-state index contributed by atoms with van der Waals surface area (Å²) in [6.07, 6.45) is 0. The lowest BCUT2D eigenvalue weighted by Gasteiger charge is -2.09. The zero-order chi connectivity index (χ0) is 14.6. The minimum atomic E-state index is -3.49. The van der Waals surface area contributed by atoms with Crippen molar-refractivity contribution in [2.24, 2.45) is 0 Å². The molecule has 6 heteroatoms. The maximum absolute atomic E-state index is 12.1. The number of hydrogen-bond donors (Lipinski definition) is 1. The molecule has 4 nitrogen and oxygen atoms in total. The van der Waals surface area contributed by atoms with Gasteiger partial charge in [0.1, 0.15) is 0 Å². The van der Waals surface area contributed by atoms with Crippen LogP contribution in [0.5, 0.6) is 0 Å². The van der Waals surface area contributed by atoms with Crippen LogP contribution in [-0.2, 0) is 15.8 Å². The fraction of sp³-hybridized carbons (Fsp3) is 0.0714. The predicted octanol–water partition coefficient (Wildman–Crippen LogP) is 3.26. The van der Waals surface area contributed by atoms with Crippen molar-refractivity contribution in [2.75, 3.05) is 4.72 Å². The number of sulfonamides is 1. The van der Waals surface area contributed by atoms with Crippen LogP contribution in [0.25, 0.3) is 0 Å². The molecule has 0 aliphatic rings. The Hall–Kier alpha value is -1.84. The third-order valence-corrected chi connectivity index (χ3v) is 4.51. The number of nitriles is 1. The molecule has 0 aliphatic heterocycles. The molecule has 1 N–H and O–H groups in total. The van der Waals surface area contributed by atoms with Gasteiger partial charge in [0.2, 0.25) is 10.0 Å². The lowest BCUT2D eigenvalue weighted by atomic mass is 10.2. The van der Waals surface area contributed by atoms with Crippen LogP contribution in [0.4, 0.5) is 5.69 Å². The normalized spacial score (nSPS) is 10.8. The zero-order valence-electron chi connectivity index (χ0n) is 10.4. The molecule has 0 spiro atoms. The van der Waals surface area contributed by atoms with Gasteiger partial charge < -0.3 is 0 Å². The number of nitrogens with one attached hydrogen (secondary N) is 1. The third kappa shape index (κ3) is 3.83. The Morgan fingerprint density at radius 1 is 1.10 bits per heavy atom. The van der Waals surface area contributed by atoms with E-state index in [9.17, 15) is 8.42 Å². The molecule has 102 valence electrons. The summed E-state index contributed by atoms with van der Waals surface area (Å²) >= 11 is 3.29. The average Bonchev–Trinajstić information content (AvgIpc) is 2.41.